The molecule has 0 saturated carbocycles. The van der Waals surface area contributed by atoms with Crippen LogP contribution < -0.4 is 11.0 Å². The number of aromatic nitrogens is 4. The molecular weight excluding hydrogens is 244 g/mol. The Bertz CT molecular complexity index is 587. The van der Waals surface area contributed by atoms with Gasteiger partial charge in [-0.2, -0.15) is 9.61 Å². The van der Waals surface area contributed by atoms with Crippen LogP contribution in [0, 0.1) is 0 Å². The zero-order chi connectivity index (χ0) is 13.8. The summed E-state index contributed by atoms with van der Waals surface area (Å²) >= 11 is 0. The van der Waals surface area contributed by atoms with E-state index in [1.807, 2.05) is 6.07 Å². The van der Waals surface area contributed by atoms with E-state index >= 15 is 0 Å². The van der Waals surface area contributed by atoms with Crippen LogP contribution in [0.1, 0.15) is 20.3 Å². The first-order valence-corrected chi connectivity index (χ1v) is 6.46. The van der Waals surface area contributed by atoms with Gasteiger partial charge in [0.25, 0.3) is 0 Å². The van der Waals surface area contributed by atoms with Crippen LogP contribution in [0.3, 0.4) is 0 Å². The summed E-state index contributed by atoms with van der Waals surface area (Å²) in [6.45, 7) is 6.20. The second-order valence-corrected chi connectivity index (χ2v) is 4.87. The van der Waals surface area contributed by atoms with Crippen molar-refractivity contribution in [3.8, 4) is 0 Å². The Hall–Kier alpha value is -1.89. The van der Waals surface area contributed by atoms with Gasteiger partial charge >= 0.3 is 5.69 Å². The molecule has 2 aromatic heterocycles. The van der Waals surface area contributed by atoms with E-state index in [4.69, 9.17) is 0 Å². The highest BCUT2D eigenvalue weighted by molar-refractivity contribution is 5.42. The number of hydrogen-bond acceptors (Lipinski definition) is 5. The molecule has 7 nitrogen and oxygen atoms in total. The summed E-state index contributed by atoms with van der Waals surface area (Å²) in [6.07, 6.45) is 1.02. The first kappa shape index (κ1) is 13.5. The van der Waals surface area contributed by atoms with Gasteiger partial charge in [0.15, 0.2) is 5.65 Å². The van der Waals surface area contributed by atoms with Gasteiger partial charge in [0, 0.05) is 12.6 Å². The van der Waals surface area contributed by atoms with Crippen molar-refractivity contribution in [1.82, 2.24) is 24.7 Å². The minimum Gasteiger partial charge on any atom is -0.369 e. The Labute approximate surface area is 111 Å². The molecule has 0 bridgehead atoms. The van der Waals surface area contributed by atoms with Crippen LogP contribution in [-0.2, 0) is 0 Å². The van der Waals surface area contributed by atoms with Gasteiger partial charge in [-0.05, 0) is 46.0 Å². The number of aromatic amines is 1. The Balaban J connectivity index is 1.88. The summed E-state index contributed by atoms with van der Waals surface area (Å²) in [4.78, 5) is 13.7. The van der Waals surface area contributed by atoms with Crippen molar-refractivity contribution < 1.29 is 0 Å². The van der Waals surface area contributed by atoms with Crippen LogP contribution in [-0.4, -0.2) is 50.9 Å². The minimum atomic E-state index is -0.321. The zero-order valence-corrected chi connectivity index (χ0v) is 11.6. The maximum atomic E-state index is 11.4. The molecule has 0 atom stereocenters. The summed E-state index contributed by atoms with van der Waals surface area (Å²) in [5.41, 5.74) is 0.202. The normalized spacial score (nSPS) is 11.6. The lowest BCUT2D eigenvalue weighted by atomic mass is 10.3. The van der Waals surface area contributed by atoms with Crippen molar-refractivity contribution in [2.24, 2.45) is 0 Å². The Morgan fingerprint density at radius 1 is 1.47 bits per heavy atom. The molecular formula is C12H20N6O. The number of rotatable bonds is 6. The molecule has 2 rings (SSSR count). The maximum absolute atomic E-state index is 11.4. The van der Waals surface area contributed by atoms with Gasteiger partial charge in [0.1, 0.15) is 5.82 Å². The van der Waals surface area contributed by atoms with Crippen molar-refractivity contribution in [3.63, 3.8) is 0 Å². The van der Waals surface area contributed by atoms with Crippen molar-refractivity contribution in [2.75, 3.05) is 25.5 Å². The standard InChI is InChI=1S/C12H20N6O/c1-9(2)17(3)8-4-7-13-10-5-6-11-14-15-12(19)18(11)16-10/h5-6,9H,4,7-8H2,1-3H3,(H,13,16)(H,15,19). The van der Waals surface area contributed by atoms with Crippen LogP contribution in [0.2, 0.25) is 0 Å². The fourth-order valence-corrected chi connectivity index (χ4v) is 1.70. The van der Waals surface area contributed by atoms with Gasteiger partial charge in [0.2, 0.25) is 0 Å². The molecule has 0 aliphatic rings. The lowest BCUT2D eigenvalue weighted by Crippen LogP contribution is -2.28. The van der Waals surface area contributed by atoms with E-state index in [1.54, 1.807) is 6.07 Å². The first-order valence-electron chi connectivity index (χ1n) is 6.46. The SMILES string of the molecule is CC(C)N(C)CCCNc1ccc2n[nH]c(=O)n2n1. The Morgan fingerprint density at radius 3 is 3.00 bits per heavy atom. The fraction of sp³-hybridized carbons (Fsp3) is 0.583. The molecule has 104 valence electrons. The quantitative estimate of drug-likeness (QED) is 0.745. The molecule has 19 heavy (non-hydrogen) atoms. The molecule has 0 spiro atoms. The summed E-state index contributed by atoms with van der Waals surface area (Å²) in [5.74, 6) is 0.684. The highest BCUT2D eigenvalue weighted by Crippen LogP contribution is 2.03. The van der Waals surface area contributed by atoms with E-state index in [0.717, 1.165) is 19.5 Å². The minimum absolute atomic E-state index is 0.321. The molecule has 0 saturated heterocycles. The lowest BCUT2D eigenvalue weighted by molar-refractivity contribution is 0.273. The van der Waals surface area contributed by atoms with Crippen LogP contribution in [0.25, 0.3) is 5.65 Å². The van der Waals surface area contributed by atoms with Crippen molar-refractivity contribution in [1.29, 1.82) is 0 Å². The molecule has 0 radical (unpaired) electrons. The molecule has 0 aliphatic heterocycles. The number of hydrogen-bond donors (Lipinski definition) is 2. The number of nitrogens with one attached hydrogen (secondary N) is 2. The number of anilines is 1. The molecule has 2 N–H and O–H groups in total. The highest BCUT2D eigenvalue weighted by Gasteiger charge is 2.04. The Kier molecular flexibility index (Phi) is 4.16. The van der Waals surface area contributed by atoms with Crippen LogP contribution in [0.15, 0.2) is 16.9 Å². The predicted molar refractivity (Wildman–Crippen MR) is 74.5 cm³/mol. The van der Waals surface area contributed by atoms with Gasteiger partial charge in [-0.1, -0.05) is 0 Å². The van der Waals surface area contributed by atoms with E-state index in [9.17, 15) is 4.79 Å². The number of fused-ring (bicyclic) bond motifs is 1. The average molecular weight is 264 g/mol. The molecule has 2 aromatic rings. The third-order valence-corrected chi connectivity index (χ3v) is 3.15. The van der Waals surface area contributed by atoms with Crippen molar-refractivity contribution >= 4 is 11.5 Å². The summed E-state index contributed by atoms with van der Waals surface area (Å²) in [6, 6.07) is 4.13. The van der Waals surface area contributed by atoms with Crippen LogP contribution in [0.4, 0.5) is 5.82 Å². The van der Waals surface area contributed by atoms with E-state index in [2.05, 4.69) is 46.4 Å². The first-order chi connectivity index (χ1) is 9.08. The second-order valence-electron chi connectivity index (χ2n) is 4.87. The van der Waals surface area contributed by atoms with Gasteiger partial charge < -0.3 is 10.2 Å². The van der Waals surface area contributed by atoms with Crippen LogP contribution >= 0.6 is 0 Å². The third-order valence-electron chi connectivity index (χ3n) is 3.15. The van der Waals surface area contributed by atoms with E-state index in [1.165, 1.54) is 4.52 Å². The van der Waals surface area contributed by atoms with Gasteiger partial charge in [-0.15, -0.1) is 5.10 Å². The topological polar surface area (TPSA) is 78.3 Å². The summed E-state index contributed by atoms with van der Waals surface area (Å²) < 4.78 is 1.25. The molecule has 0 aliphatic carbocycles. The summed E-state index contributed by atoms with van der Waals surface area (Å²) in [7, 11) is 2.11. The molecule has 0 fully saturated rings. The average Bonchev–Trinajstić information content (AvgIpc) is 2.76. The van der Waals surface area contributed by atoms with Crippen molar-refractivity contribution in [3.05, 3.63) is 22.6 Å². The van der Waals surface area contributed by atoms with Crippen LogP contribution in [0.5, 0.6) is 0 Å². The smallest absolute Gasteiger partial charge is 0.364 e. The predicted octanol–water partition coefficient (Wildman–Crippen LogP) is 0.560. The monoisotopic (exact) mass is 264 g/mol. The lowest BCUT2D eigenvalue weighted by Gasteiger charge is -2.20. The maximum Gasteiger partial charge on any atom is 0.364 e. The van der Waals surface area contributed by atoms with E-state index in [-0.39, 0.29) is 5.69 Å². The molecule has 0 aromatic carbocycles. The van der Waals surface area contributed by atoms with E-state index in [0.29, 0.717) is 17.5 Å². The molecule has 0 amide bonds. The third kappa shape index (κ3) is 3.31. The zero-order valence-electron chi connectivity index (χ0n) is 11.6. The fourth-order valence-electron chi connectivity index (χ4n) is 1.70. The van der Waals surface area contributed by atoms with Gasteiger partial charge in [-0.3, -0.25) is 0 Å². The van der Waals surface area contributed by atoms with Crippen molar-refractivity contribution in [2.45, 2.75) is 26.3 Å². The van der Waals surface area contributed by atoms with E-state index < -0.39 is 0 Å². The van der Waals surface area contributed by atoms with Gasteiger partial charge in [0.05, 0.1) is 0 Å². The number of nitrogens with zero attached hydrogens (tertiary/aromatic N) is 4. The second kappa shape index (κ2) is 5.83. The largest absolute Gasteiger partial charge is 0.369 e. The Morgan fingerprint density at radius 2 is 2.26 bits per heavy atom. The van der Waals surface area contributed by atoms with Gasteiger partial charge in [-0.25, -0.2) is 9.89 Å². The molecule has 7 heteroatoms. The number of H-pyrrole nitrogens is 1. The summed E-state index contributed by atoms with van der Waals surface area (Å²) in [5, 5.41) is 13.6. The molecule has 2 heterocycles. The molecule has 0 unspecified atom stereocenters. The highest BCUT2D eigenvalue weighted by atomic mass is 16.2.